The second-order valence-electron chi connectivity index (χ2n) is 8.18. The normalized spacial score (nSPS) is 18.2. The zero-order valence-corrected chi connectivity index (χ0v) is 18.3. The van der Waals surface area contributed by atoms with Crippen LogP contribution in [0.2, 0.25) is 0 Å². The maximum Gasteiger partial charge on any atom is 0.412 e. The average Bonchev–Trinajstić information content (AvgIpc) is 2.75. The van der Waals surface area contributed by atoms with Crippen LogP contribution in [-0.4, -0.2) is 68.6 Å². The predicted octanol–water partition coefficient (Wildman–Crippen LogP) is 3.18. The first-order chi connectivity index (χ1) is 15.4. The van der Waals surface area contributed by atoms with Crippen molar-refractivity contribution in [1.82, 2.24) is 4.90 Å². The fourth-order valence-electron chi connectivity index (χ4n) is 4.28. The molecule has 2 heterocycles. The Morgan fingerprint density at radius 3 is 2.41 bits per heavy atom. The van der Waals surface area contributed by atoms with Crippen LogP contribution >= 0.6 is 0 Å². The second kappa shape index (κ2) is 9.22. The molecule has 0 radical (unpaired) electrons. The Bertz CT molecular complexity index is 959. The standard InChI is InChI=1S/C23H29FN4O4/c1-15(16-3-5-19(31-2)6-4-16)28(23(29)30)17-11-20(25)22(24)21(12-17)27-9-7-26(8-10-27)18-13-32-14-18/h3-6,11-12,15,18H,7-10,13-14,25H2,1-2H3,(H,29,30). The number of hydrogen-bond acceptors (Lipinski definition) is 6. The molecule has 1 unspecified atom stereocenters. The maximum atomic E-state index is 15.0. The molecular weight excluding hydrogens is 415 g/mol. The third-order valence-electron chi connectivity index (χ3n) is 6.33. The molecule has 2 saturated heterocycles. The van der Waals surface area contributed by atoms with Crippen LogP contribution in [0.5, 0.6) is 5.75 Å². The summed E-state index contributed by atoms with van der Waals surface area (Å²) in [5.74, 6) is 0.167. The van der Waals surface area contributed by atoms with Gasteiger partial charge >= 0.3 is 6.09 Å². The van der Waals surface area contributed by atoms with Gasteiger partial charge in [0.25, 0.3) is 0 Å². The van der Waals surface area contributed by atoms with Gasteiger partial charge in [0.1, 0.15) is 5.75 Å². The summed E-state index contributed by atoms with van der Waals surface area (Å²) < 4.78 is 25.4. The van der Waals surface area contributed by atoms with E-state index in [-0.39, 0.29) is 5.69 Å². The number of ether oxygens (including phenoxy) is 2. The number of methoxy groups -OCH3 is 1. The molecule has 172 valence electrons. The van der Waals surface area contributed by atoms with Crippen molar-refractivity contribution in [2.75, 3.05) is 62.0 Å². The highest BCUT2D eigenvalue weighted by atomic mass is 19.1. The van der Waals surface area contributed by atoms with Gasteiger partial charge in [-0.2, -0.15) is 0 Å². The van der Waals surface area contributed by atoms with Crippen LogP contribution in [0.4, 0.5) is 26.2 Å². The summed E-state index contributed by atoms with van der Waals surface area (Å²) in [5, 5.41) is 9.98. The van der Waals surface area contributed by atoms with Gasteiger partial charge in [-0.15, -0.1) is 0 Å². The molecule has 1 amide bonds. The Labute approximate surface area is 186 Å². The second-order valence-corrected chi connectivity index (χ2v) is 8.18. The SMILES string of the molecule is COc1ccc(C(C)N(C(=O)O)c2cc(N)c(F)c(N3CCN(C4COC4)CC3)c2)cc1. The van der Waals surface area contributed by atoms with Gasteiger partial charge in [0, 0.05) is 26.2 Å². The minimum Gasteiger partial charge on any atom is -0.497 e. The molecule has 0 aliphatic carbocycles. The number of halogens is 1. The quantitative estimate of drug-likeness (QED) is 0.661. The molecule has 0 aromatic heterocycles. The highest BCUT2D eigenvalue weighted by molar-refractivity contribution is 5.89. The molecule has 2 aliphatic rings. The van der Waals surface area contributed by atoms with Crippen LogP contribution < -0.4 is 20.3 Å². The summed E-state index contributed by atoms with van der Waals surface area (Å²) in [5.41, 5.74) is 7.37. The molecule has 0 bridgehead atoms. The summed E-state index contributed by atoms with van der Waals surface area (Å²) in [7, 11) is 1.57. The van der Waals surface area contributed by atoms with Crippen molar-refractivity contribution in [2.45, 2.75) is 19.0 Å². The van der Waals surface area contributed by atoms with Crippen LogP contribution in [0.1, 0.15) is 18.5 Å². The van der Waals surface area contributed by atoms with Crippen molar-refractivity contribution in [3.63, 3.8) is 0 Å². The van der Waals surface area contributed by atoms with Crippen LogP contribution in [-0.2, 0) is 4.74 Å². The molecule has 2 aliphatic heterocycles. The highest BCUT2D eigenvalue weighted by Crippen LogP contribution is 2.35. The van der Waals surface area contributed by atoms with Crippen molar-refractivity contribution >= 4 is 23.2 Å². The van der Waals surface area contributed by atoms with E-state index in [1.807, 2.05) is 17.0 Å². The Balaban J connectivity index is 1.59. The number of hydrogen-bond donors (Lipinski definition) is 2. The van der Waals surface area contributed by atoms with Gasteiger partial charge in [0.15, 0.2) is 5.82 Å². The molecule has 2 aromatic carbocycles. The number of carboxylic acid groups (broad SMARTS) is 1. The molecule has 32 heavy (non-hydrogen) atoms. The number of anilines is 3. The molecule has 0 spiro atoms. The van der Waals surface area contributed by atoms with Gasteiger partial charge in [-0.3, -0.25) is 9.80 Å². The van der Waals surface area contributed by atoms with Crippen LogP contribution in [0, 0.1) is 5.82 Å². The minimum atomic E-state index is -1.14. The summed E-state index contributed by atoms with van der Waals surface area (Å²) in [4.78, 5) is 17.7. The van der Waals surface area contributed by atoms with E-state index in [0.717, 1.165) is 31.9 Å². The van der Waals surface area contributed by atoms with E-state index in [4.69, 9.17) is 15.2 Å². The average molecular weight is 445 g/mol. The molecule has 9 heteroatoms. The molecule has 2 fully saturated rings. The van der Waals surface area contributed by atoms with Crippen LogP contribution in [0.25, 0.3) is 0 Å². The van der Waals surface area contributed by atoms with Gasteiger partial charge in [-0.1, -0.05) is 12.1 Å². The van der Waals surface area contributed by atoms with Gasteiger partial charge < -0.3 is 25.2 Å². The third-order valence-corrected chi connectivity index (χ3v) is 6.33. The largest absolute Gasteiger partial charge is 0.497 e. The fraction of sp³-hybridized carbons (Fsp3) is 0.435. The Kier molecular flexibility index (Phi) is 6.38. The lowest BCUT2D eigenvalue weighted by Gasteiger charge is -2.43. The molecule has 0 saturated carbocycles. The summed E-state index contributed by atoms with van der Waals surface area (Å²) in [6.07, 6.45) is -1.14. The van der Waals surface area contributed by atoms with Gasteiger partial charge in [-0.05, 0) is 36.8 Å². The van der Waals surface area contributed by atoms with E-state index in [2.05, 4.69) is 4.90 Å². The highest BCUT2D eigenvalue weighted by Gasteiger charge is 2.31. The zero-order valence-electron chi connectivity index (χ0n) is 18.3. The summed E-state index contributed by atoms with van der Waals surface area (Å²) in [6.45, 7) is 6.13. The van der Waals surface area contributed by atoms with Crippen molar-refractivity contribution in [2.24, 2.45) is 0 Å². The number of amides is 1. The van der Waals surface area contributed by atoms with E-state index in [9.17, 15) is 14.3 Å². The molecule has 4 rings (SSSR count). The Morgan fingerprint density at radius 1 is 1.22 bits per heavy atom. The van der Waals surface area contributed by atoms with Crippen molar-refractivity contribution in [1.29, 1.82) is 0 Å². The number of nitrogens with two attached hydrogens (primary N) is 1. The number of rotatable bonds is 6. The summed E-state index contributed by atoms with van der Waals surface area (Å²) >= 11 is 0. The van der Waals surface area contributed by atoms with Crippen molar-refractivity contribution < 1.29 is 23.8 Å². The first kappa shape index (κ1) is 22.2. The van der Waals surface area contributed by atoms with E-state index in [1.54, 1.807) is 32.2 Å². The smallest absolute Gasteiger partial charge is 0.412 e. The minimum absolute atomic E-state index is 0.0690. The van der Waals surface area contributed by atoms with E-state index < -0.39 is 18.0 Å². The van der Waals surface area contributed by atoms with Gasteiger partial charge in [0.05, 0.1) is 49.5 Å². The van der Waals surface area contributed by atoms with E-state index in [1.165, 1.54) is 11.0 Å². The zero-order chi connectivity index (χ0) is 22.8. The van der Waals surface area contributed by atoms with E-state index in [0.29, 0.717) is 36.3 Å². The fourth-order valence-corrected chi connectivity index (χ4v) is 4.28. The lowest BCUT2D eigenvalue weighted by molar-refractivity contribution is -0.0660. The lowest BCUT2D eigenvalue weighted by atomic mass is 10.1. The molecule has 3 N–H and O–H groups in total. The van der Waals surface area contributed by atoms with Crippen LogP contribution in [0.15, 0.2) is 36.4 Å². The summed E-state index contributed by atoms with van der Waals surface area (Å²) in [6, 6.07) is 10.1. The molecule has 2 aromatic rings. The third kappa shape index (κ3) is 4.31. The molecular formula is C23H29FN4O4. The lowest BCUT2D eigenvalue weighted by Crippen LogP contribution is -2.56. The topological polar surface area (TPSA) is 91.5 Å². The number of nitrogen functional groups attached to an aromatic ring is 1. The number of nitrogens with zero attached hydrogens (tertiary/aromatic N) is 3. The maximum absolute atomic E-state index is 15.0. The Morgan fingerprint density at radius 2 is 1.88 bits per heavy atom. The van der Waals surface area contributed by atoms with Gasteiger partial charge in [-0.25, -0.2) is 9.18 Å². The Hall–Kier alpha value is -3.04. The first-order valence-electron chi connectivity index (χ1n) is 10.7. The van der Waals surface area contributed by atoms with E-state index >= 15 is 0 Å². The predicted molar refractivity (Wildman–Crippen MR) is 121 cm³/mol. The molecule has 8 nitrogen and oxygen atoms in total. The van der Waals surface area contributed by atoms with Crippen molar-refractivity contribution in [3.05, 3.63) is 47.8 Å². The number of benzene rings is 2. The van der Waals surface area contributed by atoms with Crippen molar-refractivity contribution in [3.8, 4) is 5.75 Å². The van der Waals surface area contributed by atoms with Crippen LogP contribution in [0.3, 0.4) is 0 Å². The monoisotopic (exact) mass is 444 g/mol. The first-order valence-corrected chi connectivity index (χ1v) is 10.7. The number of piperazine rings is 1. The number of carbonyl (C=O) groups is 1. The molecule has 1 atom stereocenters. The van der Waals surface area contributed by atoms with Gasteiger partial charge in [0.2, 0.25) is 0 Å².